The van der Waals surface area contributed by atoms with Gasteiger partial charge in [0, 0.05) is 38.3 Å². The van der Waals surface area contributed by atoms with Gasteiger partial charge in [-0.1, -0.05) is 10.4 Å². The number of halogens is 2. The van der Waals surface area contributed by atoms with Crippen LogP contribution in [0.3, 0.4) is 0 Å². The number of piperazine rings is 1. The van der Waals surface area contributed by atoms with Crippen LogP contribution in [0.1, 0.15) is 5.69 Å². The maximum absolute atomic E-state index is 14.8. The molecule has 30 heavy (non-hydrogen) atoms. The lowest BCUT2D eigenvalue weighted by molar-refractivity contribution is 0.277. The first-order chi connectivity index (χ1) is 14.4. The van der Waals surface area contributed by atoms with E-state index in [-0.39, 0.29) is 28.9 Å². The Kier molecular flexibility index (Phi) is 6.95. The van der Waals surface area contributed by atoms with E-state index in [2.05, 4.69) is 20.8 Å². The van der Waals surface area contributed by atoms with Crippen molar-refractivity contribution in [2.75, 3.05) is 44.7 Å². The summed E-state index contributed by atoms with van der Waals surface area (Å²) in [7, 11) is 1.44. The lowest BCUT2D eigenvalue weighted by Crippen LogP contribution is -2.49. The topological polar surface area (TPSA) is 117 Å². The number of methoxy groups -OCH3 is 1. The second-order valence-electron chi connectivity index (χ2n) is 6.61. The predicted octanol–water partition coefficient (Wildman–Crippen LogP) is 0.435. The molecule has 162 valence electrons. The van der Waals surface area contributed by atoms with Crippen molar-refractivity contribution < 1.29 is 18.7 Å². The van der Waals surface area contributed by atoms with Crippen LogP contribution in [0, 0.1) is 11.6 Å². The summed E-state index contributed by atoms with van der Waals surface area (Å²) in [5, 5.41) is 22.5. The van der Waals surface area contributed by atoms with Crippen LogP contribution >= 0.6 is 12.2 Å². The molecule has 2 heterocycles. The first kappa shape index (κ1) is 21.6. The Morgan fingerprint density at radius 3 is 2.57 bits per heavy atom. The van der Waals surface area contributed by atoms with E-state index in [0.29, 0.717) is 38.4 Å². The van der Waals surface area contributed by atoms with Crippen molar-refractivity contribution in [1.82, 2.24) is 25.2 Å². The third-order valence-corrected chi connectivity index (χ3v) is 4.92. The standard InChI is InChI=1S/C17H22F2N8O2S/c1-29-17(30)21-8-11-9-27(24-22-11)12-6-13(18)16(14(19)7-12)26-4-2-25(3-5-26)10-15(20)23-28/h6-7,9,28H,2-5,8,10H2,1H3,(H2,20,23)(H,21,30). The molecule has 4 N–H and O–H groups in total. The van der Waals surface area contributed by atoms with Gasteiger partial charge in [-0.15, -0.1) is 5.10 Å². The molecule has 0 aliphatic carbocycles. The van der Waals surface area contributed by atoms with Crippen LogP contribution in [-0.4, -0.2) is 75.9 Å². The molecular weight excluding hydrogens is 418 g/mol. The largest absolute Gasteiger partial charge is 0.474 e. The lowest BCUT2D eigenvalue weighted by atomic mass is 10.2. The molecule has 1 aromatic carbocycles. The Morgan fingerprint density at radius 2 is 1.97 bits per heavy atom. The Morgan fingerprint density at radius 1 is 1.30 bits per heavy atom. The van der Waals surface area contributed by atoms with Gasteiger partial charge in [0.15, 0.2) is 17.5 Å². The summed E-state index contributed by atoms with van der Waals surface area (Å²) < 4.78 is 35.7. The number of nitrogens with one attached hydrogen (secondary N) is 1. The number of thiocarbonyl (C=S) groups is 1. The third kappa shape index (κ3) is 5.10. The molecule has 1 aliphatic rings. The predicted molar refractivity (Wildman–Crippen MR) is 110 cm³/mol. The second kappa shape index (κ2) is 9.63. The zero-order valence-corrected chi connectivity index (χ0v) is 17.1. The third-order valence-electron chi connectivity index (χ3n) is 4.61. The molecule has 1 aliphatic heterocycles. The van der Waals surface area contributed by atoms with Crippen LogP contribution < -0.4 is 16.0 Å². The van der Waals surface area contributed by atoms with Crippen LogP contribution in [0.4, 0.5) is 14.5 Å². The summed E-state index contributed by atoms with van der Waals surface area (Å²) in [5.74, 6) is -1.28. The second-order valence-corrected chi connectivity index (χ2v) is 6.98. The van der Waals surface area contributed by atoms with Crippen LogP contribution in [0.5, 0.6) is 0 Å². The van der Waals surface area contributed by atoms with E-state index in [9.17, 15) is 8.78 Å². The van der Waals surface area contributed by atoms with Gasteiger partial charge in [-0.3, -0.25) is 4.90 Å². The van der Waals surface area contributed by atoms with E-state index < -0.39 is 11.6 Å². The molecule has 13 heteroatoms. The number of anilines is 1. The molecule has 0 spiro atoms. The monoisotopic (exact) mass is 440 g/mol. The van der Waals surface area contributed by atoms with Crippen molar-refractivity contribution in [2.45, 2.75) is 6.54 Å². The zero-order chi connectivity index (χ0) is 21.7. The average Bonchev–Trinajstić information content (AvgIpc) is 3.21. The van der Waals surface area contributed by atoms with E-state index in [4.69, 9.17) is 27.9 Å². The van der Waals surface area contributed by atoms with E-state index in [1.54, 1.807) is 11.1 Å². The fourth-order valence-corrected chi connectivity index (χ4v) is 3.19. The normalized spacial score (nSPS) is 15.3. The quantitative estimate of drug-likeness (QED) is 0.193. The number of amidine groups is 1. The van der Waals surface area contributed by atoms with E-state index in [1.165, 1.54) is 23.9 Å². The highest BCUT2D eigenvalue weighted by Gasteiger charge is 2.24. The molecule has 10 nitrogen and oxygen atoms in total. The number of oxime groups is 1. The molecule has 0 radical (unpaired) electrons. The molecule has 0 bridgehead atoms. The van der Waals surface area contributed by atoms with Gasteiger partial charge in [0.25, 0.3) is 5.17 Å². The van der Waals surface area contributed by atoms with Gasteiger partial charge in [0.05, 0.1) is 32.1 Å². The summed E-state index contributed by atoms with van der Waals surface area (Å²) in [6, 6.07) is 2.43. The van der Waals surface area contributed by atoms with Crippen molar-refractivity contribution in [3.8, 4) is 5.69 Å². The number of nitrogens with two attached hydrogens (primary N) is 1. The molecule has 3 rings (SSSR count). The lowest BCUT2D eigenvalue weighted by Gasteiger charge is -2.36. The maximum atomic E-state index is 14.8. The minimum atomic E-state index is -0.689. The highest BCUT2D eigenvalue weighted by atomic mass is 32.1. The fraction of sp³-hybridized carbons (Fsp3) is 0.412. The fourth-order valence-electron chi connectivity index (χ4n) is 3.12. The van der Waals surface area contributed by atoms with Crippen LogP contribution in [0.2, 0.25) is 0 Å². The Labute approximate surface area is 176 Å². The SMILES string of the molecule is COC(=S)NCc1cn(-c2cc(F)c(N3CCN(C/C(N)=N/O)CC3)c(F)c2)nn1. The highest BCUT2D eigenvalue weighted by molar-refractivity contribution is 7.80. The average molecular weight is 440 g/mol. The summed E-state index contributed by atoms with van der Waals surface area (Å²) in [5.41, 5.74) is 6.16. The van der Waals surface area contributed by atoms with Gasteiger partial charge in [0.2, 0.25) is 0 Å². The van der Waals surface area contributed by atoms with E-state index >= 15 is 0 Å². The van der Waals surface area contributed by atoms with Crippen LogP contribution in [-0.2, 0) is 11.3 Å². The first-order valence-corrected chi connectivity index (χ1v) is 9.48. The number of aromatic nitrogens is 3. The maximum Gasteiger partial charge on any atom is 0.256 e. The van der Waals surface area contributed by atoms with Gasteiger partial charge in [-0.2, -0.15) is 0 Å². The van der Waals surface area contributed by atoms with Crippen molar-refractivity contribution in [1.29, 1.82) is 0 Å². The Bertz CT molecular complexity index is 907. The van der Waals surface area contributed by atoms with Gasteiger partial charge in [-0.25, -0.2) is 13.5 Å². The number of benzene rings is 1. The Balaban J connectivity index is 1.69. The van der Waals surface area contributed by atoms with Gasteiger partial charge in [-0.05, 0) is 12.2 Å². The molecule has 0 saturated carbocycles. The Hall–Kier alpha value is -3.06. The van der Waals surface area contributed by atoms with E-state index in [0.717, 1.165) is 0 Å². The smallest absolute Gasteiger partial charge is 0.256 e. The summed E-state index contributed by atoms with van der Waals surface area (Å²) in [4.78, 5) is 3.58. The first-order valence-electron chi connectivity index (χ1n) is 9.07. The number of nitrogens with zero attached hydrogens (tertiary/aromatic N) is 6. The molecule has 0 atom stereocenters. The summed E-state index contributed by atoms with van der Waals surface area (Å²) in [6.07, 6.45) is 1.55. The molecular formula is C17H22F2N8O2S. The van der Waals surface area contributed by atoms with Crippen molar-refractivity contribution >= 4 is 28.9 Å². The zero-order valence-electron chi connectivity index (χ0n) is 16.3. The number of rotatable bonds is 6. The minimum absolute atomic E-state index is 0.0883. The molecule has 1 saturated heterocycles. The summed E-state index contributed by atoms with van der Waals surface area (Å²) in [6.45, 7) is 2.44. The molecule has 2 aromatic rings. The van der Waals surface area contributed by atoms with Crippen molar-refractivity contribution in [3.63, 3.8) is 0 Å². The highest BCUT2D eigenvalue weighted by Crippen LogP contribution is 2.27. The minimum Gasteiger partial charge on any atom is -0.474 e. The molecule has 1 aromatic heterocycles. The van der Waals surface area contributed by atoms with Crippen LogP contribution in [0.15, 0.2) is 23.5 Å². The molecule has 1 fully saturated rings. The van der Waals surface area contributed by atoms with E-state index in [1.807, 2.05) is 4.90 Å². The van der Waals surface area contributed by atoms with Gasteiger partial charge in [0.1, 0.15) is 11.4 Å². The summed E-state index contributed by atoms with van der Waals surface area (Å²) >= 11 is 4.88. The van der Waals surface area contributed by atoms with Crippen molar-refractivity contribution in [3.05, 3.63) is 35.7 Å². The van der Waals surface area contributed by atoms with Crippen LogP contribution in [0.25, 0.3) is 5.69 Å². The number of hydrogen-bond acceptors (Lipinski definition) is 8. The van der Waals surface area contributed by atoms with Gasteiger partial charge >= 0.3 is 0 Å². The molecule has 0 unspecified atom stereocenters. The molecule has 0 amide bonds. The number of hydrogen-bond donors (Lipinski definition) is 3. The van der Waals surface area contributed by atoms with Gasteiger partial charge < -0.3 is 25.9 Å². The van der Waals surface area contributed by atoms with Crippen molar-refractivity contribution in [2.24, 2.45) is 10.9 Å². The number of ether oxygens (including phenoxy) is 1.